The van der Waals surface area contributed by atoms with E-state index >= 15 is 0 Å². The Hall–Kier alpha value is -3.09. The average Bonchev–Trinajstić information content (AvgIpc) is 3.56. The number of carbonyl (C=O) groups is 2. The van der Waals surface area contributed by atoms with Gasteiger partial charge in [-0.15, -0.1) is 6.58 Å². The highest BCUT2D eigenvalue weighted by molar-refractivity contribution is 7.89. The fraction of sp³-hybridized carbons (Fsp3) is 0.515. The van der Waals surface area contributed by atoms with E-state index in [2.05, 4.69) is 45.9 Å². The van der Waals surface area contributed by atoms with Gasteiger partial charge in [0.15, 0.2) is 0 Å². The maximum Gasteiger partial charge on any atom is 0.240 e. The van der Waals surface area contributed by atoms with Gasteiger partial charge in [-0.05, 0) is 62.4 Å². The molecule has 0 saturated carbocycles. The second kappa shape index (κ2) is 18.0. The predicted octanol–water partition coefficient (Wildman–Crippen LogP) is 3.73. The van der Waals surface area contributed by atoms with Crippen LogP contribution in [0.25, 0.3) is 0 Å². The Bertz CT molecular complexity index is 1280. The second-order valence-electron chi connectivity index (χ2n) is 11.2. The third-order valence-corrected chi connectivity index (χ3v) is 9.78. The lowest BCUT2D eigenvalue weighted by Gasteiger charge is -2.30. The molecule has 2 unspecified atom stereocenters. The molecule has 2 fully saturated rings. The molecule has 0 radical (unpaired) electrons. The highest BCUT2D eigenvalue weighted by Gasteiger charge is 2.32. The molecule has 2 amide bonds. The lowest BCUT2D eigenvalue weighted by Crippen LogP contribution is -2.42. The van der Waals surface area contributed by atoms with Crippen molar-refractivity contribution in [2.45, 2.75) is 62.3 Å². The summed E-state index contributed by atoms with van der Waals surface area (Å²) >= 11 is 0. The van der Waals surface area contributed by atoms with Gasteiger partial charge in [0.05, 0.1) is 11.3 Å². The molecule has 2 atom stereocenters. The van der Waals surface area contributed by atoms with Crippen LogP contribution in [0.5, 0.6) is 0 Å². The molecule has 0 spiro atoms. The molecular weight excluding hydrogens is 580 g/mol. The SMILES string of the molecule is C=CCN(C(=O)Cc1ccc(S(=O)(=O)NC)cc1)C(CC)CCNO.O=C(C1CCOCC1)N1CCC(c2ccccc2)C1. The minimum atomic E-state index is -3.49. The number of nitrogens with zero attached hydrogens (tertiary/aromatic N) is 2. The normalized spacial score (nSPS) is 17.8. The summed E-state index contributed by atoms with van der Waals surface area (Å²) in [5.74, 6) is 1.00. The maximum atomic E-state index is 12.7. The van der Waals surface area contributed by atoms with Crippen molar-refractivity contribution >= 4 is 21.8 Å². The molecule has 242 valence electrons. The monoisotopic (exact) mass is 628 g/mol. The van der Waals surface area contributed by atoms with Crippen LogP contribution in [0.4, 0.5) is 0 Å². The van der Waals surface area contributed by atoms with Gasteiger partial charge in [-0.2, -0.15) is 0 Å². The van der Waals surface area contributed by atoms with E-state index in [0.717, 1.165) is 57.6 Å². The van der Waals surface area contributed by atoms with Crippen LogP contribution >= 0.6 is 0 Å². The van der Waals surface area contributed by atoms with Gasteiger partial charge < -0.3 is 19.7 Å². The van der Waals surface area contributed by atoms with E-state index in [9.17, 15) is 18.0 Å². The van der Waals surface area contributed by atoms with E-state index < -0.39 is 10.0 Å². The molecule has 4 rings (SSSR count). The smallest absolute Gasteiger partial charge is 0.240 e. The molecule has 2 heterocycles. The first-order chi connectivity index (χ1) is 21.2. The summed E-state index contributed by atoms with van der Waals surface area (Å²) in [6.07, 6.45) is 6.13. The quantitative estimate of drug-likeness (QED) is 0.228. The zero-order valence-electron chi connectivity index (χ0n) is 26.0. The molecule has 10 nitrogen and oxygen atoms in total. The molecule has 2 aliphatic rings. The molecule has 0 aromatic heterocycles. The van der Waals surface area contributed by atoms with E-state index in [4.69, 9.17) is 9.94 Å². The number of hydrogen-bond acceptors (Lipinski definition) is 7. The Kier molecular flexibility index (Phi) is 14.5. The topological polar surface area (TPSA) is 128 Å². The molecule has 2 aromatic carbocycles. The molecule has 44 heavy (non-hydrogen) atoms. The van der Waals surface area contributed by atoms with Gasteiger partial charge in [0.25, 0.3) is 0 Å². The molecule has 2 aromatic rings. The van der Waals surface area contributed by atoms with Gasteiger partial charge in [0.2, 0.25) is 21.8 Å². The van der Waals surface area contributed by atoms with E-state index in [0.29, 0.717) is 31.3 Å². The molecular formula is C33H48N4O6S. The number of hydroxylamine groups is 1. The van der Waals surface area contributed by atoms with Crippen molar-refractivity contribution in [1.82, 2.24) is 20.0 Å². The van der Waals surface area contributed by atoms with Crippen molar-refractivity contribution in [3.63, 3.8) is 0 Å². The number of sulfonamides is 1. The van der Waals surface area contributed by atoms with Gasteiger partial charge in [0, 0.05) is 57.3 Å². The zero-order valence-corrected chi connectivity index (χ0v) is 26.8. The van der Waals surface area contributed by atoms with Crippen LogP contribution < -0.4 is 10.2 Å². The Morgan fingerprint density at radius 3 is 2.39 bits per heavy atom. The largest absolute Gasteiger partial charge is 0.381 e. The number of nitrogens with one attached hydrogen (secondary N) is 2. The second-order valence-corrected chi connectivity index (χ2v) is 13.1. The Morgan fingerprint density at radius 1 is 1.11 bits per heavy atom. The minimum Gasteiger partial charge on any atom is -0.381 e. The van der Waals surface area contributed by atoms with Crippen molar-refractivity contribution < 1.29 is 28.0 Å². The summed E-state index contributed by atoms with van der Waals surface area (Å²) < 4.78 is 31.1. The molecule has 3 N–H and O–H groups in total. The number of hydrogen-bond donors (Lipinski definition) is 3. The first-order valence-electron chi connectivity index (χ1n) is 15.4. The number of rotatable bonds is 13. The van der Waals surface area contributed by atoms with Crippen molar-refractivity contribution in [2.75, 3.05) is 46.4 Å². The minimum absolute atomic E-state index is 0.00547. The maximum absolute atomic E-state index is 12.7. The number of likely N-dealkylation sites (tertiary alicyclic amines) is 1. The Morgan fingerprint density at radius 2 is 1.80 bits per heavy atom. The van der Waals surface area contributed by atoms with Crippen LogP contribution in [0.15, 0.2) is 72.1 Å². The predicted molar refractivity (Wildman–Crippen MR) is 171 cm³/mol. The third kappa shape index (κ3) is 10.2. The number of ether oxygens (including phenoxy) is 1. The summed E-state index contributed by atoms with van der Waals surface area (Å²) in [5.41, 5.74) is 4.22. The van der Waals surface area contributed by atoms with Gasteiger partial charge >= 0.3 is 0 Å². The lowest BCUT2D eigenvalue weighted by atomic mass is 9.98. The van der Waals surface area contributed by atoms with E-state index in [1.54, 1.807) is 23.1 Å². The standard InChI is InChI=1S/C17H27N3O4S.C16H21NO2/c1-4-12-20(15(5-2)10-11-19-22)17(21)13-14-6-8-16(9-7-14)25(23,24)18-3;18-16(14-7-10-19-11-8-14)17-9-6-15(12-17)13-4-2-1-3-5-13/h4,6-9,15,18-19,22H,1,5,10-13H2,2-3H3;1-5,14-15H,6-12H2. The van der Waals surface area contributed by atoms with E-state index in [1.165, 1.54) is 24.7 Å². The van der Waals surface area contributed by atoms with Gasteiger partial charge in [-0.3, -0.25) is 9.59 Å². The Balaban J connectivity index is 0.000000248. The summed E-state index contributed by atoms with van der Waals surface area (Å²) in [5, 5.41) is 8.78. The Labute approximate surface area is 262 Å². The first kappa shape index (κ1) is 35.4. The van der Waals surface area contributed by atoms with Crippen LogP contribution in [-0.2, 0) is 30.8 Å². The molecule has 0 aliphatic carbocycles. The fourth-order valence-corrected chi connectivity index (χ4v) is 6.48. The van der Waals surface area contributed by atoms with Crippen LogP contribution in [0.2, 0.25) is 0 Å². The van der Waals surface area contributed by atoms with Crippen molar-refractivity contribution in [3.05, 3.63) is 78.4 Å². The van der Waals surface area contributed by atoms with Crippen LogP contribution in [0, 0.1) is 5.92 Å². The molecule has 0 bridgehead atoms. The van der Waals surface area contributed by atoms with Crippen molar-refractivity contribution in [2.24, 2.45) is 5.92 Å². The molecule has 2 saturated heterocycles. The van der Waals surface area contributed by atoms with Gasteiger partial charge in [-0.1, -0.05) is 55.5 Å². The van der Waals surface area contributed by atoms with Crippen LogP contribution in [0.1, 0.15) is 56.1 Å². The van der Waals surface area contributed by atoms with Crippen molar-refractivity contribution in [1.29, 1.82) is 0 Å². The summed E-state index contributed by atoms with van der Waals surface area (Å²) in [4.78, 5) is 29.1. The average molecular weight is 629 g/mol. The van der Waals surface area contributed by atoms with Crippen LogP contribution in [0.3, 0.4) is 0 Å². The lowest BCUT2D eigenvalue weighted by molar-refractivity contribution is -0.137. The van der Waals surface area contributed by atoms with Crippen molar-refractivity contribution in [3.8, 4) is 0 Å². The number of amides is 2. The van der Waals surface area contributed by atoms with E-state index in [1.807, 2.05) is 13.0 Å². The molecule has 2 aliphatic heterocycles. The summed E-state index contributed by atoms with van der Waals surface area (Å²) in [6.45, 7) is 9.80. The number of benzene rings is 2. The van der Waals surface area contributed by atoms with Crippen LogP contribution in [-0.4, -0.2) is 87.7 Å². The fourth-order valence-electron chi connectivity index (χ4n) is 5.75. The van der Waals surface area contributed by atoms with Gasteiger partial charge in [0.1, 0.15) is 0 Å². The highest BCUT2D eigenvalue weighted by atomic mass is 32.2. The molecule has 11 heteroatoms. The number of carbonyl (C=O) groups excluding carboxylic acids is 2. The summed E-state index contributed by atoms with van der Waals surface area (Å²) in [7, 11) is -2.13. The third-order valence-electron chi connectivity index (χ3n) is 8.35. The summed E-state index contributed by atoms with van der Waals surface area (Å²) in [6, 6.07) is 16.8. The van der Waals surface area contributed by atoms with Gasteiger partial charge in [-0.25, -0.2) is 18.6 Å². The zero-order chi connectivity index (χ0) is 32.0. The first-order valence-corrected chi connectivity index (χ1v) is 16.9. The van der Waals surface area contributed by atoms with E-state index in [-0.39, 0.29) is 29.2 Å². The highest BCUT2D eigenvalue weighted by Crippen LogP contribution is 2.29.